The third kappa shape index (κ3) is 0.867. The second-order valence-corrected chi connectivity index (χ2v) is 4.20. The van der Waals surface area contributed by atoms with E-state index in [9.17, 15) is 4.79 Å². The predicted molar refractivity (Wildman–Crippen MR) is 44.2 cm³/mol. The van der Waals surface area contributed by atoms with E-state index in [1.165, 1.54) is 12.0 Å². The summed E-state index contributed by atoms with van der Waals surface area (Å²) in [6, 6.07) is 0. The highest BCUT2D eigenvalue weighted by Gasteiger charge is 2.41. The number of ketones is 1. The van der Waals surface area contributed by atoms with Crippen LogP contribution in [0.4, 0.5) is 0 Å². The molecule has 0 aromatic rings. The van der Waals surface area contributed by atoms with Crippen molar-refractivity contribution in [3.05, 3.63) is 11.6 Å². The summed E-state index contributed by atoms with van der Waals surface area (Å²) in [4.78, 5) is 11.4. The minimum atomic E-state index is 0.228. The van der Waals surface area contributed by atoms with E-state index in [2.05, 4.69) is 19.9 Å². The summed E-state index contributed by atoms with van der Waals surface area (Å²) in [6.45, 7) is 4.38. The van der Waals surface area contributed by atoms with Crippen LogP contribution < -0.4 is 0 Å². The van der Waals surface area contributed by atoms with E-state index in [0.29, 0.717) is 5.78 Å². The average Bonchev–Trinajstić information content (AvgIpc) is 1.92. The Morgan fingerprint density at radius 3 is 2.73 bits per heavy atom. The summed E-state index contributed by atoms with van der Waals surface area (Å²) in [5.74, 6) is 0.737. The topological polar surface area (TPSA) is 17.1 Å². The van der Waals surface area contributed by atoms with Crippen molar-refractivity contribution in [3.8, 4) is 0 Å². The first-order valence-electron chi connectivity index (χ1n) is 4.33. The monoisotopic (exact) mass is 150 g/mol. The van der Waals surface area contributed by atoms with Gasteiger partial charge in [-0.1, -0.05) is 18.6 Å². The van der Waals surface area contributed by atoms with Crippen molar-refractivity contribution in [1.82, 2.24) is 0 Å². The van der Waals surface area contributed by atoms with Crippen LogP contribution in [0.5, 0.6) is 0 Å². The summed E-state index contributed by atoms with van der Waals surface area (Å²) in [5.41, 5.74) is 1.67. The third-order valence-corrected chi connectivity index (χ3v) is 3.39. The van der Waals surface area contributed by atoms with Gasteiger partial charge in [0.15, 0.2) is 0 Å². The zero-order valence-corrected chi connectivity index (χ0v) is 7.18. The molecule has 0 N–H and O–H groups in total. The molecule has 60 valence electrons. The number of fused-ring (bicyclic) bond motifs is 2. The minimum absolute atomic E-state index is 0.228. The van der Waals surface area contributed by atoms with Gasteiger partial charge in [-0.2, -0.15) is 0 Å². The maximum atomic E-state index is 11.4. The van der Waals surface area contributed by atoms with Gasteiger partial charge >= 0.3 is 0 Å². The molecule has 2 bridgehead atoms. The summed E-state index contributed by atoms with van der Waals surface area (Å²) < 4.78 is 0. The van der Waals surface area contributed by atoms with Gasteiger partial charge in [0.25, 0.3) is 0 Å². The first-order chi connectivity index (χ1) is 5.12. The molecule has 0 heterocycles. The van der Waals surface area contributed by atoms with Crippen LogP contribution >= 0.6 is 0 Å². The first-order valence-corrected chi connectivity index (χ1v) is 4.33. The lowest BCUT2D eigenvalue weighted by atomic mass is 9.62. The van der Waals surface area contributed by atoms with Crippen molar-refractivity contribution in [2.24, 2.45) is 11.3 Å². The van der Waals surface area contributed by atoms with Crippen molar-refractivity contribution >= 4 is 5.78 Å². The van der Waals surface area contributed by atoms with Crippen LogP contribution in [0.25, 0.3) is 0 Å². The summed E-state index contributed by atoms with van der Waals surface area (Å²) in [6.07, 6.45) is 5.27. The van der Waals surface area contributed by atoms with Crippen molar-refractivity contribution in [2.45, 2.75) is 33.1 Å². The van der Waals surface area contributed by atoms with E-state index in [4.69, 9.17) is 0 Å². The largest absolute Gasteiger partial charge is 0.299 e. The normalized spacial score (nSPS) is 42.5. The zero-order chi connectivity index (χ0) is 8.06. The van der Waals surface area contributed by atoms with Crippen molar-refractivity contribution in [3.63, 3.8) is 0 Å². The van der Waals surface area contributed by atoms with Crippen LogP contribution in [0, 0.1) is 11.3 Å². The number of Topliss-reactive ketones (excluding diaryl/α,β-unsaturated/α-hetero) is 1. The lowest BCUT2D eigenvalue weighted by molar-refractivity contribution is -0.126. The minimum Gasteiger partial charge on any atom is -0.299 e. The smallest absolute Gasteiger partial charge is 0.140 e. The molecule has 0 unspecified atom stereocenters. The number of carbonyl (C=O) groups is 1. The maximum absolute atomic E-state index is 11.4. The first kappa shape index (κ1) is 7.08. The van der Waals surface area contributed by atoms with Gasteiger partial charge in [-0.3, -0.25) is 4.79 Å². The van der Waals surface area contributed by atoms with E-state index >= 15 is 0 Å². The highest BCUT2D eigenvalue weighted by Crippen LogP contribution is 2.47. The van der Waals surface area contributed by atoms with Crippen LogP contribution in [0.1, 0.15) is 33.1 Å². The molecule has 3 aliphatic rings. The molecule has 1 heteroatoms. The van der Waals surface area contributed by atoms with Crippen LogP contribution in [0.2, 0.25) is 0 Å². The molecule has 0 aromatic heterocycles. The molecule has 3 rings (SSSR count). The van der Waals surface area contributed by atoms with E-state index < -0.39 is 0 Å². The Morgan fingerprint density at radius 1 is 1.64 bits per heavy atom. The van der Waals surface area contributed by atoms with Crippen LogP contribution in [0.3, 0.4) is 0 Å². The predicted octanol–water partition coefficient (Wildman–Crippen LogP) is 2.32. The Hall–Kier alpha value is -0.590. The molecule has 1 nitrogen and oxygen atoms in total. The number of rotatable bonds is 0. The van der Waals surface area contributed by atoms with E-state index in [0.717, 1.165) is 12.8 Å². The van der Waals surface area contributed by atoms with Gasteiger partial charge in [0.2, 0.25) is 0 Å². The molecule has 0 radical (unpaired) electrons. The van der Waals surface area contributed by atoms with Crippen LogP contribution in [-0.2, 0) is 4.79 Å². The molecule has 1 fully saturated rings. The second-order valence-electron chi connectivity index (χ2n) is 4.20. The molecule has 1 saturated carbocycles. The van der Waals surface area contributed by atoms with Crippen LogP contribution in [0.15, 0.2) is 11.6 Å². The maximum Gasteiger partial charge on any atom is 0.140 e. The van der Waals surface area contributed by atoms with Gasteiger partial charge in [0.05, 0.1) is 0 Å². The molecule has 0 saturated heterocycles. The zero-order valence-electron chi connectivity index (χ0n) is 7.18. The van der Waals surface area contributed by atoms with E-state index in [-0.39, 0.29) is 11.3 Å². The highest BCUT2D eigenvalue weighted by molar-refractivity contribution is 5.86. The number of carbonyl (C=O) groups excluding carboxylic acids is 1. The number of allylic oxidation sites excluding steroid dienone is 2. The molecule has 0 aliphatic heterocycles. The Kier molecular flexibility index (Phi) is 1.26. The fourth-order valence-corrected chi connectivity index (χ4v) is 2.25. The van der Waals surface area contributed by atoms with Gasteiger partial charge in [-0.25, -0.2) is 0 Å². The highest BCUT2D eigenvalue weighted by atomic mass is 16.1. The Bertz CT molecular complexity index is 239. The number of hydrogen-bond donors (Lipinski definition) is 0. The summed E-state index contributed by atoms with van der Waals surface area (Å²) in [5, 5.41) is 0. The number of hydrogen-bond acceptors (Lipinski definition) is 1. The molecular formula is C10H14O. The summed E-state index contributed by atoms with van der Waals surface area (Å²) in [7, 11) is 0. The Labute approximate surface area is 67.5 Å². The van der Waals surface area contributed by atoms with Gasteiger partial charge in [-0.05, 0) is 25.2 Å². The fraction of sp³-hybridized carbons (Fsp3) is 0.700. The average molecular weight is 150 g/mol. The van der Waals surface area contributed by atoms with E-state index in [1.807, 2.05) is 0 Å². The van der Waals surface area contributed by atoms with Gasteiger partial charge in [0, 0.05) is 12.3 Å². The van der Waals surface area contributed by atoms with Crippen molar-refractivity contribution < 1.29 is 4.79 Å². The lowest BCUT2D eigenvalue weighted by Gasteiger charge is -2.42. The van der Waals surface area contributed by atoms with Crippen molar-refractivity contribution in [2.75, 3.05) is 0 Å². The molecular weight excluding hydrogens is 136 g/mol. The quantitative estimate of drug-likeness (QED) is 0.484. The van der Waals surface area contributed by atoms with Gasteiger partial charge in [0.1, 0.15) is 5.78 Å². The Morgan fingerprint density at radius 2 is 2.36 bits per heavy atom. The second kappa shape index (κ2) is 1.96. The van der Waals surface area contributed by atoms with Gasteiger partial charge < -0.3 is 0 Å². The van der Waals surface area contributed by atoms with Crippen LogP contribution in [-0.4, -0.2) is 5.78 Å². The SMILES string of the molecule is CC1=C[C@@H]2CC[C@@]1(C)CC2=O. The standard InChI is InChI=1S/C10H14O/c1-7-5-8-3-4-10(7,2)6-9(8)11/h5,8H,3-4,6H2,1-2H3/t8-,10-/m0/s1. The summed E-state index contributed by atoms with van der Waals surface area (Å²) >= 11 is 0. The molecule has 0 spiro atoms. The molecule has 0 aromatic carbocycles. The third-order valence-electron chi connectivity index (χ3n) is 3.39. The molecule has 3 aliphatic carbocycles. The van der Waals surface area contributed by atoms with Gasteiger partial charge in [-0.15, -0.1) is 0 Å². The Balaban J connectivity index is 2.43. The fourth-order valence-electron chi connectivity index (χ4n) is 2.25. The molecule has 2 atom stereocenters. The van der Waals surface area contributed by atoms with E-state index in [1.54, 1.807) is 0 Å². The molecule has 11 heavy (non-hydrogen) atoms. The van der Waals surface area contributed by atoms with Crippen molar-refractivity contribution in [1.29, 1.82) is 0 Å². The molecule has 0 amide bonds. The lowest BCUT2D eigenvalue weighted by Crippen LogP contribution is -2.37.